The van der Waals surface area contributed by atoms with Gasteiger partial charge in [0, 0.05) is 30.4 Å². The van der Waals surface area contributed by atoms with Gasteiger partial charge >= 0.3 is 0 Å². The molecule has 2 aromatic carbocycles. The molecule has 3 aromatic rings. The molecule has 0 bridgehead atoms. The van der Waals surface area contributed by atoms with Crippen molar-refractivity contribution in [2.24, 2.45) is 0 Å². The van der Waals surface area contributed by atoms with Gasteiger partial charge in [0.2, 0.25) is 0 Å². The fourth-order valence-corrected chi connectivity index (χ4v) is 5.83. The first-order valence-corrected chi connectivity index (χ1v) is 11.2. The number of hydrogen-bond acceptors (Lipinski definition) is 4. The van der Waals surface area contributed by atoms with Gasteiger partial charge < -0.3 is 9.80 Å². The van der Waals surface area contributed by atoms with Gasteiger partial charge in [-0.25, -0.2) is 12.4 Å². The van der Waals surface area contributed by atoms with Crippen molar-refractivity contribution in [2.75, 3.05) is 32.1 Å². The highest BCUT2D eigenvalue weighted by Gasteiger charge is 2.25. The molecule has 4 rings (SSSR count). The van der Waals surface area contributed by atoms with Crippen LogP contribution in [0.4, 0.5) is 5.69 Å². The van der Waals surface area contributed by atoms with Crippen molar-refractivity contribution in [1.29, 1.82) is 0 Å². The first kappa shape index (κ1) is 19.3. The van der Waals surface area contributed by atoms with Gasteiger partial charge in [0.1, 0.15) is 4.90 Å². The van der Waals surface area contributed by atoms with Crippen LogP contribution in [-0.4, -0.2) is 50.5 Å². The molecule has 1 saturated heterocycles. The maximum Gasteiger partial charge on any atom is 0.269 e. The molecule has 1 fully saturated rings. The Morgan fingerprint density at radius 3 is 2.46 bits per heavy atom. The molecule has 0 aliphatic carbocycles. The summed E-state index contributed by atoms with van der Waals surface area (Å²) >= 11 is 6.17. The zero-order chi connectivity index (χ0) is 19.9. The number of hydrogen-bond donors (Lipinski definition) is 0. The Morgan fingerprint density at radius 2 is 1.75 bits per heavy atom. The van der Waals surface area contributed by atoms with Crippen LogP contribution in [0.15, 0.2) is 59.6 Å². The molecule has 1 aliphatic heterocycles. The molecule has 0 radical (unpaired) electrons. The quantitative estimate of drug-likeness (QED) is 0.642. The van der Waals surface area contributed by atoms with E-state index in [4.69, 9.17) is 11.6 Å². The summed E-state index contributed by atoms with van der Waals surface area (Å²) in [6.45, 7) is 2.15. The zero-order valence-electron chi connectivity index (χ0n) is 16.0. The van der Waals surface area contributed by atoms with Gasteiger partial charge in [-0.1, -0.05) is 29.8 Å². The summed E-state index contributed by atoms with van der Waals surface area (Å²) in [7, 11) is 0.483. The Hall–Kier alpha value is -2.02. The summed E-state index contributed by atoms with van der Waals surface area (Å²) < 4.78 is 27.7. The summed E-state index contributed by atoms with van der Waals surface area (Å²) in [6.07, 6.45) is 3.82. The Kier molecular flexibility index (Phi) is 5.12. The third kappa shape index (κ3) is 3.30. The van der Waals surface area contributed by atoms with Gasteiger partial charge in [-0.05, 0) is 63.3 Å². The van der Waals surface area contributed by atoms with E-state index < -0.39 is 10.0 Å². The van der Waals surface area contributed by atoms with E-state index in [0.29, 0.717) is 11.6 Å². The standard InChI is InChI=1S/C21H24ClN3O2S/c1-23-13-10-16(11-14-23)24(2)19-7-5-8-20-17(19)12-15-25(20)28(26,27)21-9-4-3-6-18(21)22/h3-9,12,15-16H,10-11,13-14H2,1-2H3. The Bertz CT molecular complexity index is 1100. The molecular weight excluding hydrogens is 394 g/mol. The van der Waals surface area contributed by atoms with Crippen molar-refractivity contribution >= 4 is 38.2 Å². The lowest BCUT2D eigenvalue weighted by Gasteiger charge is -2.36. The van der Waals surface area contributed by atoms with Crippen molar-refractivity contribution in [3.63, 3.8) is 0 Å². The van der Waals surface area contributed by atoms with Crippen LogP contribution < -0.4 is 4.90 Å². The van der Waals surface area contributed by atoms with Crippen molar-refractivity contribution in [1.82, 2.24) is 8.87 Å². The third-order valence-corrected chi connectivity index (χ3v) is 7.85. The zero-order valence-corrected chi connectivity index (χ0v) is 17.6. The molecule has 0 amide bonds. The first-order valence-electron chi connectivity index (χ1n) is 9.41. The molecule has 0 unspecified atom stereocenters. The summed E-state index contributed by atoms with van der Waals surface area (Å²) in [5.74, 6) is 0. The number of rotatable bonds is 4. The van der Waals surface area contributed by atoms with Crippen LogP contribution in [0.25, 0.3) is 10.9 Å². The van der Waals surface area contributed by atoms with Crippen LogP contribution in [0.1, 0.15) is 12.8 Å². The molecule has 2 heterocycles. The number of likely N-dealkylation sites (tertiary alicyclic amines) is 1. The largest absolute Gasteiger partial charge is 0.371 e. The first-order chi connectivity index (χ1) is 13.4. The highest BCUT2D eigenvalue weighted by molar-refractivity contribution is 7.90. The maximum absolute atomic E-state index is 13.2. The predicted molar refractivity (Wildman–Crippen MR) is 115 cm³/mol. The van der Waals surface area contributed by atoms with Crippen LogP contribution >= 0.6 is 11.6 Å². The minimum absolute atomic E-state index is 0.114. The van der Waals surface area contributed by atoms with Crippen molar-refractivity contribution in [3.05, 3.63) is 59.8 Å². The predicted octanol–water partition coefficient (Wildman–Crippen LogP) is 4.06. The second-order valence-electron chi connectivity index (χ2n) is 7.40. The van der Waals surface area contributed by atoms with Gasteiger partial charge in [-0.15, -0.1) is 0 Å². The van der Waals surface area contributed by atoms with Gasteiger partial charge in [0.25, 0.3) is 10.0 Å². The molecule has 148 valence electrons. The van der Waals surface area contributed by atoms with Crippen molar-refractivity contribution in [3.8, 4) is 0 Å². The Labute approximate surface area is 171 Å². The minimum Gasteiger partial charge on any atom is -0.371 e. The highest BCUT2D eigenvalue weighted by Crippen LogP contribution is 2.33. The second kappa shape index (κ2) is 7.43. The van der Waals surface area contributed by atoms with Crippen molar-refractivity contribution in [2.45, 2.75) is 23.8 Å². The van der Waals surface area contributed by atoms with E-state index in [1.165, 1.54) is 10.0 Å². The smallest absolute Gasteiger partial charge is 0.269 e. The van der Waals surface area contributed by atoms with Gasteiger partial charge in [-0.2, -0.15) is 0 Å². The number of anilines is 1. The lowest BCUT2D eigenvalue weighted by molar-refractivity contribution is 0.253. The highest BCUT2D eigenvalue weighted by atomic mass is 35.5. The average molecular weight is 418 g/mol. The lowest BCUT2D eigenvalue weighted by Crippen LogP contribution is -2.42. The van der Waals surface area contributed by atoms with E-state index in [0.717, 1.165) is 37.0 Å². The molecule has 7 heteroatoms. The summed E-state index contributed by atoms with van der Waals surface area (Å²) in [6, 6.07) is 14.7. The molecule has 28 heavy (non-hydrogen) atoms. The number of halogens is 1. The van der Waals surface area contributed by atoms with E-state index in [1.807, 2.05) is 18.2 Å². The SMILES string of the molecule is CN1CCC(N(C)c2cccc3c2ccn3S(=O)(=O)c2ccccc2Cl)CC1. The number of piperidine rings is 1. The second-order valence-corrected chi connectivity index (χ2v) is 9.59. The molecular formula is C21H24ClN3O2S. The number of nitrogens with zero attached hydrogens (tertiary/aromatic N) is 3. The fourth-order valence-electron chi connectivity index (χ4n) is 3.98. The molecule has 0 spiro atoms. The van der Waals surface area contributed by atoms with Crippen LogP contribution in [0.5, 0.6) is 0 Å². The van der Waals surface area contributed by atoms with Gasteiger partial charge in [0.05, 0.1) is 10.5 Å². The molecule has 0 atom stereocenters. The van der Waals surface area contributed by atoms with Crippen LogP contribution in [-0.2, 0) is 10.0 Å². The summed E-state index contributed by atoms with van der Waals surface area (Å²) in [5, 5.41) is 1.16. The van der Waals surface area contributed by atoms with Gasteiger partial charge in [-0.3, -0.25) is 0 Å². The van der Waals surface area contributed by atoms with Crippen LogP contribution in [0, 0.1) is 0 Å². The third-order valence-electron chi connectivity index (χ3n) is 5.66. The fraction of sp³-hybridized carbons (Fsp3) is 0.333. The van der Waals surface area contributed by atoms with Crippen LogP contribution in [0.2, 0.25) is 5.02 Å². The monoisotopic (exact) mass is 417 g/mol. The Balaban J connectivity index is 1.76. The molecule has 5 nitrogen and oxygen atoms in total. The summed E-state index contributed by atoms with van der Waals surface area (Å²) in [4.78, 5) is 4.75. The maximum atomic E-state index is 13.2. The normalized spacial score (nSPS) is 16.5. The van der Waals surface area contributed by atoms with Gasteiger partial charge in [0.15, 0.2) is 0 Å². The van der Waals surface area contributed by atoms with E-state index in [-0.39, 0.29) is 9.92 Å². The van der Waals surface area contributed by atoms with Crippen molar-refractivity contribution < 1.29 is 8.42 Å². The van der Waals surface area contributed by atoms with E-state index in [2.05, 4.69) is 30.0 Å². The molecule has 1 aliphatic rings. The Morgan fingerprint density at radius 1 is 1.04 bits per heavy atom. The lowest BCUT2D eigenvalue weighted by atomic mass is 10.0. The van der Waals surface area contributed by atoms with Crippen LogP contribution in [0.3, 0.4) is 0 Å². The topological polar surface area (TPSA) is 45.5 Å². The number of benzene rings is 2. The number of aromatic nitrogens is 1. The molecule has 0 saturated carbocycles. The van der Waals surface area contributed by atoms with E-state index in [9.17, 15) is 8.42 Å². The molecule has 0 N–H and O–H groups in total. The minimum atomic E-state index is -3.77. The average Bonchev–Trinajstić information content (AvgIpc) is 3.13. The summed E-state index contributed by atoms with van der Waals surface area (Å²) in [5.41, 5.74) is 1.72. The number of fused-ring (bicyclic) bond motifs is 1. The van der Waals surface area contributed by atoms with E-state index in [1.54, 1.807) is 24.4 Å². The molecule has 1 aromatic heterocycles. The van der Waals surface area contributed by atoms with E-state index >= 15 is 0 Å².